The number of carbonyl (C=O) groups is 2. The first-order valence-corrected chi connectivity index (χ1v) is 9.37. The molecule has 10 heteroatoms. The molecule has 0 saturated heterocycles. The van der Waals surface area contributed by atoms with E-state index in [0.29, 0.717) is 25.0 Å². The average Bonchev–Trinajstić information content (AvgIpc) is 2.36. The van der Waals surface area contributed by atoms with Crippen LogP contribution in [0, 0.1) is 23.5 Å². The van der Waals surface area contributed by atoms with E-state index in [0.717, 1.165) is 0 Å². The number of anilines is 1. The summed E-state index contributed by atoms with van der Waals surface area (Å²) in [6.45, 7) is 4.66. The van der Waals surface area contributed by atoms with Crippen LogP contribution in [0.2, 0.25) is 0 Å². The monoisotopic (exact) mass is 390 g/mol. The van der Waals surface area contributed by atoms with Crippen LogP contribution in [0.5, 0.6) is 0 Å². The van der Waals surface area contributed by atoms with E-state index in [2.05, 4.69) is 10.0 Å². The number of amides is 1. The number of aliphatic carboxylic acids is 1. The van der Waals surface area contributed by atoms with Gasteiger partial charge in [-0.05, 0) is 39.7 Å². The van der Waals surface area contributed by atoms with Crippen LogP contribution in [0.1, 0.15) is 33.6 Å². The molecule has 2 unspecified atom stereocenters. The van der Waals surface area contributed by atoms with Crippen molar-refractivity contribution in [2.24, 2.45) is 11.8 Å². The molecule has 1 aliphatic rings. The molecule has 3 N–H and O–H groups in total. The van der Waals surface area contributed by atoms with Gasteiger partial charge in [0.1, 0.15) is 16.5 Å². The third kappa shape index (κ3) is 4.36. The highest BCUT2D eigenvalue weighted by Crippen LogP contribution is 2.36. The molecule has 1 saturated carbocycles. The normalized spacial score (nSPS) is 20.3. The van der Waals surface area contributed by atoms with Crippen LogP contribution >= 0.6 is 0 Å². The van der Waals surface area contributed by atoms with Gasteiger partial charge in [0.2, 0.25) is 15.9 Å². The Hall–Kier alpha value is -2.07. The Kier molecular flexibility index (Phi) is 5.39. The number of sulfonamides is 1. The van der Waals surface area contributed by atoms with E-state index in [1.54, 1.807) is 20.8 Å². The van der Waals surface area contributed by atoms with Gasteiger partial charge in [-0.25, -0.2) is 21.9 Å². The highest BCUT2D eigenvalue weighted by Gasteiger charge is 2.41. The molecule has 0 radical (unpaired) electrons. The molecule has 1 amide bonds. The van der Waals surface area contributed by atoms with E-state index in [1.807, 2.05) is 0 Å². The largest absolute Gasteiger partial charge is 0.481 e. The molecule has 0 aliphatic heterocycles. The maximum absolute atomic E-state index is 14.0. The van der Waals surface area contributed by atoms with Gasteiger partial charge in [0.05, 0.1) is 17.5 Å². The van der Waals surface area contributed by atoms with E-state index in [9.17, 15) is 26.8 Å². The summed E-state index contributed by atoms with van der Waals surface area (Å²) >= 11 is 0. The molecule has 7 nitrogen and oxygen atoms in total. The Morgan fingerprint density at radius 3 is 2.15 bits per heavy atom. The van der Waals surface area contributed by atoms with Gasteiger partial charge < -0.3 is 10.4 Å². The SMILES string of the molecule is CC(C)(C)NS(=O)(=O)c1cc(NC(=O)C2CCC2C(=O)O)c(F)cc1F. The first kappa shape index (κ1) is 20.2. The van der Waals surface area contributed by atoms with E-state index >= 15 is 0 Å². The van der Waals surface area contributed by atoms with E-state index in [-0.39, 0.29) is 0 Å². The molecule has 0 spiro atoms. The zero-order valence-corrected chi connectivity index (χ0v) is 15.3. The van der Waals surface area contributed by atoms with Crippen molar-refractivity contribution in [1.29, 1.82) is 0 Å². The van der Waals surface area contributed by atoms with Gasteiger partial charge in [0, 0.05) is 11.6 Å². The molecule has 0 bridgehead atoms. The molecule has 2 atom stereocenters. The molecule has 26 heavy (non-hydrogen) atoms. The van der Waals surface area contributed by atoms with Crippen LogP contribution < -0.4 is 10.0 Å². The molecular weight excluding hydrogens is 370 g/mol. The molecule has 144 valence electrons. The van der Waals surface area contributed by atoms with Crippen molar-refractivity contribution in [3.8, 4) is 0 Å². The lowest BCUT2D eigenvalue weighted by atomic mass is 9.73. The Morgan fingerprint density at radius 2 is 1.69 bits per heavy atom. The Bertz CT molecular complexity index is 849. The Labute approximate surface area is 149 Å². The fourth-order valence-corrected chi connectivity index (χ4v) is 4.13. The van der Waals surface area contributed by atoms with Crippen LogP contribution in [0.15, 0.2) is 17.0 Å². The number of nitrogens with one attached hydrogen (secondary N) is 2. The number of rotatable bonds is 5. The first-order chi connectivity index (χ1) is 11.8. The summed E-state index contributed by atoms with van der Waals surface area (Å²) in [5.74, 6) is -6.05. The summed E-state index contributed by atoms with van der Waals surface area (Å²) in [5.41, 5.74) is -1.43. The van der Waals surface area contributed by atoms with Crippen LogP contribution in [-0.4, -0.2) is 30.9 Å². The van der Waals surface area contributed by atoms with Crippen molar-refractivity contribution in [2.75, 3.05) is 5.32 Å². The maximum atomic E-state index is 14.0. The lowest BCUT2D eigenvalue weighted by Gasteiger charge is -2.32. The molecular formula is C16H20F2N2O5S. The minimum Gasteiger partial charge on any atom is -0.481 e. The fourth-order valence-electron chi connectivity index (χ4n) is 2.62. The van der Waals surface area contributed by atoms with Crippen molar-refractivity contribution in [3.05, 3.63) is 23.8 Å². The molecule has 1 aliphatic carbocycles. The number of carboxylic acid groups (broad SMARTS) is 1. The maximum Gasteiger partial charge on any atom is 0.307 e. The topological polar surface area (TPSA) is 113 Å². The Balaban J connectivity index is 2.31. The summed E-state index contributed by atoms with van der Waals surface area (Å²) in [6.07, 6.45) is 0.650. The number of halogens is 2. The van der Waals surface area contributed by atoms with Crippen LogP contribution in [-0.2, 0) is 19.6 Å². The lowest BCUT2D eigenvalue weighted by molar-refractivity contribution is -0.151. The summed E-state index contributed by atoms with van der Waals surface area (Å²) in [4.78, 5) is 22.3. The summed E-state index contributed by atoms with van der Waals surface area (Å²) < 4.78 is 54.8. The summed E-state index contributed by atoms with van der Waals surface area (Å²) in [5, 5.41) is 11.1. The average molecular weight is 390 g/mol. The number of carbonyl (C=O) groups excluding carboxylic acids is 1. The minimum absolute atomic E-state index is 0.322. The van der Waals surface area contributed by atoms with Crippen molar-refractivity contribution < 1.29 is 31.9 Å². The van der Waals surface area contributed by atoms with Crippen molar-refractivity contribution in [1.82, 2.24) is 4.72 Å². The number of hydrogen-bond acceptors (Lipinski definition) is 4. The number of benzene rings is 1. The second-order valence-electron chi connectivity index (χ2n) is 7.24. The lowest BCUT2D eigenvalue weighted by Crippen LogP contribution is -2.41. The Morgan fingerprint density at radius 1 is 1.12 bits per heavy atom. The predicted molar refractivity (Wildman–Crippen MR) is 88.9 cm³/mol. The van der Waals surface area contributed by atoms with E-state index in [1.165, 1.54) is 0 Å². The quantitative estimate of drug-likeness (QED) is 0.713. The van der Waals surface area contributed by atoms with Gasteiger partial charge in [0.25, 0.3) is 0 Å². The molecule has 0 aromatic heterocycles. The molecule has 1 fully saturated rings. The van der Waals surface area contributed by atoms with Gasteiger partial charge >= 0.3 is 5.97 Å². The second kappa shape index (κ2) is 6.92. The molecule has 1 aromatic rings. The van der Waals surface area contributed by atoms with Gasteiger partial charge in [-0.3, -0.25) is 9.59 Å². The third-order valence-corrected chi connectivity index (χ3v) is 5.71. The molecule has 1 aromatic carbocycles. The van der Waals surface area contributed by atoms with Crippen LogP contribution in [0.3, 0.4) is 0 Å². The highest BCUT2D eigenvalue weighted by atomic mass is 32.2. The molecule has 2 rings (SSSR count). The van der Waals surface area contributed by atoms with Crippen LogP contribution in [0.4, 0.5) is 14.5 Å². The number of carboxylic acids is 1. The second-order valence-corrected chi connectivity index (χ2v) is 8.89. The minimum atomic E-state index is -4.30. The van der Waals surface area contributed by atoms with E-state index in [4.69, 9.17) is 5.11 Å². The smallest absolute Gasteiger partial charge is 0.307 e. The fraction of sp³-hybridized carbons (Fsp3) is 0.500. The molecule has 0 heterocycles. The van der Waals surface area contributed by atoms with Crippen LogP contribution in [0.25, 0.3) is 0 Å². The van der Waals surface area contributed by atoms with Gasteiger partial charge in [0.15, 0.2) is 0 Å². The first-order valence-electron chi connectivity index (χ1n) is 7.88. The highest BCUT2D eigenvalue weighted by molar-refractivity contribution is 7.89. The predicted octanol–water partition coefficient (Wildman–Crippen LogP) is 2.09. The number of hydrogen-bond donors (Lipinski definition) is 3. The van der Waals surface area contributed by atoms with Crippen molar-refractivity contribution in [3.63, 3.8) is 0 Å². The summed E-state index contributed by atoms with van der Waals surface area (Å²) in [7, 11) is -4.30. The zero-order valence-electron chi connectivity index (χ0n) is 14.5. The van der Waals surface area contributed by atoms with Crippen molar-refractivity contribution >= 4 is 27.6 Å². The van der Waals surface area contributed by atoms with Crippen molar-refractivity contribution in [2.45, 2.75) is 44.0 Å². The summed E-state index contributed by atoms with van der Waals surface area (Å²) in [6, 6.07) is 1.05. The van der Waals surface area contributed by atoms with Gasteiger partial charge in [-0.1, -0.05) is 0 Å². The third-order valence-electron chi connectivity index (χ3n) is 3.94. The zero-order chi connectivity index (χ0) is 19.9. The standard InChI is InChI=1S/C16H20F2N2O5S/c1-16(2,3)20-26(24,25)13-7-12(10(17)6-11(13)18)19-14(21)8-4-5-9(8)15(22)23/h6-9,20H,4-5H2,1-3H3,(H,19,21)(H,22,23). The van der Waals surface area contributed by atoms with Gasteiger partial charge in [-0.2, -0.15) is 0 Å². The van der Waals surface area contributed by atoms with E-state index < -0.39 is 61.5 Å². The van der Waals surface area contributed by atoms with Gasteiger partial charge in [-0.15, -0.1) is 0 Å².